The van der Waals surface area contributed by atoms with Crippen LogP contribution in [0.25, 0.3) is 0 Å². The van der Waals surface area contributed by atoms with E-state index in [1.807, 2.05) is 0 Å². The smallest absolute Gasteiger partial charge is 0.351 e. The van der Waals surface area contributed by atoms with Crippen LogP contribution in [0.2, 0.25) is 0 Å². The third-order valence-electron chi connectivity index (χ3n) is 4.29. The lowest BCUT2D eigenvalue weighted by atomic mass is 10.2. The third-order valence-corrected chi connectivity index (χ3v) is 4.29. The Morgan fingerprint density at radius 3 is 2.39 bits per heavy atom. The van der Waals surface area contributed by atoms with Crippen LogP contribution in [-0.4, -0.2) is 53.9 Å². The maximum Gasteiger partial charge on any atom is 0.416 e. The summed E-state index contributed by atoms with van der Waals surface area (Å²) in [4.78, 5) is 23.1. The average molecular weight is 389 g/mol. The van der Waals surface area contributed by atoms with Gasteiger partial charge in [-0.15, -0.1) is 0 Å². The van der Waals surface area contributed by atoms with Gasteiger partial charge in [-0.25, -0.2) is 9.97 Å². The first-order valence-corrected chi connectivity index (χ1v) is 8.62. The second-order valence-electron chi connectivity index (χ2n) is 6.13. The van der Waals surface area contributed by atoms with Gasteiger partial charge in [-0.2, -0.15) is 13.2 Å². The number of carbonyl (C=O) groups excluding carboxylic acids is 1. The van der Waals surface area contributed by atoms with Crippen molar-refractivity contribution in [3.05, 3.63) is 42.2 Å². The SMILES string of the molecule is O=CC#CCN1CCN(c2nccnc2Nc2ccc(C(F)(F)F)cc2)CC1. The molecule has 9 heteroatoms. The summed E-state index contributed by atoms with van der Waals surface area (Å²) in [5, 5.41) is 3.04. The van der Waals surface area contributed by atoms with E-state index in [1.54, 1.807) is 6.20 Å². The van der Waals surface area contributed by atoms with Gasteiger partial charge in [0, 0.05) is 44.3 Å². The van der Waals surface area contributed by atoms with Crippen LogP contribution in [0.4, 0.5) is 30.5 Å². The van der Waals surface area contributed by atoms with Crippen molar-refractivity contribution >= 4 is 23.6 Å². The minimum atomic E-state index is -4.37. The molecule has 1 saturated heterocycles. The highest BCUT2D eigenvalue weighted by Gasteiger charge is 2.30. The Morgan fingerprint density at radius 2 is 1.75 bits per heavy atom. The van der Waals surface area contributed by atoms with Crippen molar-refractivity contribution in [3.8, 4) is 11.8 Å². The van der Waals surface area contributed by atoms with Gasteiger partial charge in [0.15, 0.2) is 17.9 Å². The van der Waals surface area contributed by atoms with Gasteiger partial charge < -0.3 is 10.2 Å². The molecule has 146 valence electrons. The molecule has 0 spiro atoms. The number of alkyl halides is 3. The molecule has 28 heavy (non-hydrogen) atoms. The number of hydrogen-bond donors (Lipinski definition) is 1. The molecule has 1 aliphatic rings. The number of piperazine rings is 1. The summed E-state index contributed by atoms with van der Waals surface area (Å²) < 4.78 is 38.1. The highest BCUT2D eigenvalue weighted by molar-refractivity contribution is 5.72. The molecule has 0 amide bonds. The molecule has 1 aromatic heterocycles. The fraction of sp³-hybridized carbons (Fsp3) is 0.316. The van der Waals surface area contributed by atoms with Crippen LogP contribution in [0.5, 0.6) is 0 Å². The van der Waals surface area contributed by atoms with Crippen LogP contribution in [0, 0.1) is 11.8 Å². The maximum absolute atomic E-state index is 12.7. The van der Waals surface area contributed by atoms with E-state index in [1.165, 1.54) is 18.3 Å². The normalized spacial score (nSPS) is 14.9. The van der Waals surface area contributed by atoms with Crippen molar-refractivity contribution in [2.75, 3.05) is 42.9 Å². The molecule has 1 N–H and O–H groups in total. The van der Waals surface area contributed by atoms with E-state index in [-0.39, 0.29) is 0 Å². The van der Waals surface area contributed by atoms with Crippen molar-refractivity contribution in [1.82, 2.24) is 14.9 Å². The lowest BCUT2D eigenvalue weighted by Crippen LogP contribution is -2.47. The average Bonchev–Trinajstić information content (AvgIpc) is 2.69. The van der Waals surface area contributed by atoms with Gasteiger partial charge >= 0.3 is 6.18 Å². The van der Waals surface area contributed by atoms with E-state index < -0.39 is 11.7 Å². The summed E-state index contributed by atoms with van der Waals surface area (Å²) >= 11 is 0. The molecule has 6 nitrogen and oxygen atoms in total. The number of aldehydes is 1. The largest absolute Gasteiger partial charge is 0.416 e. The molecule has 0 atom stereocenters. The molecule has 0 unspecified atom stereocenters. The first-order valence-electron chi connectivity index (χ1n) is 8.62. The number of rotatable bonds is 4. The maximum atomic E-state index is 12.7. The van der Waals surface area contributed by atoms with Gasteiger partial charge in [-0.05, 0) is 30.2 Å². The first kappa shape index (κ1) is 19.6. The van der Waals surface area contributed by atoms with Gasteiger partial charge in [0.25, 0.3) is 0 Å². The number of hydrogen-bond acceptors (Lipinski definition) is 6. The lowest BCUT2D eigenvalue weighted by molar-refractivity contribution is -0.137. The predicted molar refractivity (Wildman–Crippen MR) is 99.3 cm³/mol. The molecule has 2 heterocycles. The predicted octanol–water partition coefficient (Wildman–Crippen LogP) is 2.56. The molecule has 0 saturated carbocycles. The van der Waals surface area contributed by atoms with E-state index >= 15 is 0 Å². The molecule has 0 bridgehead atoms. The topological polar surface area (TPSA) is 61.4 Å². The van der Waals surface area contributed by atoms with Crippen molar-refractivity contribution in [1.29, 1.82) is 0 Å². The Bertz CT molecular complexity index is 866. The number of nitrogens with zero attached hydrogens (tertiary/aromatic N) is 4. The molecular formula is C19H18F3N5O. The van der Waals surface area contributed by atoms with Gasteiger partial charge in [0.05, 0.1) is 12.1 Å². The summed E-state index contributed by atoms with van der Waals surface area (Å²) in [7, 11) is 0. The Morgan fingerprint density at radius 1 is 1.07 bits per heavy atom. The van der Waals surface area contributed by atoms with E-state index in [9.17, 15) is 18.0 Å². The van der Waals surface area contributed by atoms with Gasteiger partial charge in [0.1, 0.15) is 0 Å². The zero-order valence-corrected chi connectivity index (χ0v) is 14.9. The van der Waals surface area contributed by atoms with Gasteiger partial charge in [0.2, 0.25) is 0 Å². The third kappa shape index (κ3) is 4.98. The molecule has 1 aliphatic heterocycles. The van der Waals surface area contributed by atoms with Gasteiger partial charge in [-0.3, -0.25) is 9.69 Å². The fourth-order valence-corrected chi connectivity index (χ4v) is 2.85. The summed E-state index contributed by atoms with van der Waals surface area (Å²) in [5.41, 5.74) is -0.205. The van der Waals surface area contributed by atoms with Crippen molar-refractivity contribution < 1.29 is 18.0 Å². The molecule has 2 aromatic rings. The monoisotopic (exact) mass is 389 g/mol. The standard InChI is InChI=1S/C19H18F3N5O/c20-19(21,22)15-3-5-16(6-4-15)25-17-18(24-8-7-23-17)27-12-10-26(11-13-27)9-1-2-14-28/h3-8,14H,9-13H2,(H,23,25). The van der Waals surface area contributed by atoms with E-state index in [0.29, 0.717) is 43.2 Å². The number of halogens is 3. The Hall–Kier alpha value is -3.12. The Balaban J connectivity index is 1.68. The van der Waals surface area contributed by atoms with E-state index in [4.69, 9.17) is 0 Å². The second kappa shape index (κ2) is 8.71. The van der Waals surface area contributed by atoms with Gasteiger partial charge in [-0.1, -0.05) is 5.92 Å². The van der Waals surface area contributed by atoms with Crippen LogP contribution < -0.4 is 10.2 Å². The first-order chi connectivity index (χ1) is 13.5. The van der Waals surface area contributed by atoms with E-state index in [2.05, 4.69) is 36.9 Å². The number of carbonyl (C=O) groups is 1. The van der Waals surface area contributed by atoms with Crippen LogP contribution in [0.3, 0.4) is 0 Å². The summed E-state index contributed by atoms with van der Waals surface area (Å²) in [6, 6.07) is 4.78. The van der Waals surface area contributed by atoms with Crippen molar-refractivity contribution in [2.24, 2.45) is 0 Å². The molecule has 1 aromatic carbocycles. The quantitative estimate of drug-likeness (QED) is 0.641. The molecule has 0 aliphatic carbocycles. The molecule has 0 radical (unpaired) electrons. The highest BCUT2D eigenvalue weighted by Crippen LogP contribution is 2.31. The molecular weight excluding hydrogens is 371 g/mol. The second-order valence-corrected chi connectivity index (χ2v) is 6.13. The Labute approximate surface area is 160 Å². The number of nitrogens with one attached hydrogen (secondary N) is 1. The molecule has 1 fully saturated rings. The molecule has 3 rings (SSSR count). The summed E-state index contributed by atoms with van der Waals surface area (Å²) in [6.07, 6.45) is -0.683. The fourth-order valence-electron chi connectivity index (χ4n) is 2.85. The van der Waals surface area contributed by atoms with Crippen LogP contribution >= 0.6 is 0 Å². The van der Waals surface area contributed by atoms with Crippen LogP contribution in [-0.2, 0) is 11.0 Å². The van der Waals surface area contributed by atoms with Crippen molar-refractivity contribution in [2.45, 2.75) is 6.18 Å². The zero-order valence-electron chi connectivity index (χ0n) is 14.9. The minimum Gasteiger partial charge on any atom is -0.351 e. The zero-order chi connectivity index (χ0) is 20.0. The minimum absolute atomic E-state index is 0.483. The number of benzene rings is 1. The Kier molecular flexibility index (Phi) is 6.11. The summed E-state index contributed by atoms with van der Waals surface area (Å²) in [6.45, 7) is 3.43. The van der Waals surface area contributed by atoms with Crippen molar-refractivity contribution in [3.63, 3.8) is 0 Å². The number of anilines is 3. The van der Waals surface area contributed by atoms with Crippen LogP contribution in [0.1, 0.15) is 5.56 Å². The van der Waals surface area contributed by atoms with Crippen LogP contribution in [0.15, 0.2) is 36.7 Å². The highest BCUT2D eigenvalue weighted by atomic mass is 19.4. The number of aromatic nitrogens is 2. The summed E-state index contributed by atoms with van der Waals surface area (Å²) in [5.74, 6) is 6.31. The van der Waals surface area contributed by atoms with E-state index in [0.717, 1.165) is 25.2 Å². The lowest BCUT2D eigenvalue weighted by Gasteiger charge is -2.34.